The number of fused-ring (bicyclic) bond motifs is 1. The van der Waals surface area contributed by atoms with E-state index in [1.54, 1.807) is 0 Å². The number of nitrogens with one attached hydrogen (secondary N) is 2. The van der Waals surface area contributed by atoms with Gasteiger partial charge in [-0.05, 0) is 69.5 Å². The van der Waals surface area contributed by atoms with Crippen LogP contribution in [0.4, 0.5) is 23.4 Å². The smallest absolute Gasteiger partial charge is 0.395 e. The molecule has 2 unspecified atom stereocenters. The Bertz CT molecular complexity index is 938. The van der Waals surface area contributed by atoms with E-state index in [1.165, 1.54) is 12.7 Å². The molecule has 38 heavy (non-hydrogen) atoms. The van der Waals surface area contributed by atoms with Gasteiger partial charge in [-0.1, -0.05) is 6.07 Å². The molecule has 3 rings (SSSR count). The van der Waals surface area contributed by atoms with Crippen molar-refractivity contribution in [3.05, 3.63) is 23.4 Å². The Kier molecular flexibility index (Phi) is 10.7. The number of carbonyl (C=O) groups excluding carboxylic acids is 1. The second-order valence-electron chi connectivity index (χ2n) is 10.3. The minimum absolute atomic E-state index is 0.0269. The number of aliphatic carboxylic acids is 1. The lowest BCUT2D eigenvalue weighted by molar-refractivity contribution is -0.190. The van der Waals surface area contributed by atoms with Crippen LogP contribution in [-0.4, -0.2) is 85.2 Å². The van der Waals surface area contributed by atoms with E-state index in [2.05, 4.69) is 21.7 Å². The number of unbranched alkanes of at least 4 members (excludes halogenated alkanes) is 1. The summed E-state index contributed by atoms with van der Waals surface area (Å²) in [6.07, 6.45) is -1.83. The number of carboxylic acids is 1. The number of ether oxygens (including phenoxy) is 1. The zero-order valence-electron chi connectivity index (χ0n) is 21.8. The fraction of sp³-hybridized carbons (Fsp3) is 0.731. The van der Waals surface area contributed by atoms with E-state index in [9.17, 15) is 32.3 Å². The van der Waals surface area contributed by atoms with Crippen molar-refractivity contribution in [1.29, 1.82) is 0 Å². The molecule has 1 aromatic rings. The Morgan fingerprint density at radius 3 is 2.66 bits per heavy atom. The molecule has 2 atom stereocenters. The zero-order chi connectivity index (χ0) is 27.8. The average Bonchev–Trinajstić information content (AvgIpc) is 3.67. The van der Waals surface area contributed by atoms with Crippen molar-refractivity contribution in [3.8, 4) is 0 Å². The van der Waals surface area contributed by atoms with Crippen LogP contribution in [0.5, 0.6) is 0 Å². The Morgan fingerprint density at radius 1 is 1.26 bits per heavy atom. The maximum atomic E-state index is 13.3. The van der Waals surface area contributed by atoms with Crippen molar-refractivity contribution in [2.24, 2.45) is 5.41 Å². The van der Waals surface area contributed by atoms with Gasteiger partial charge >= 0.3 is 12.1 Å². The lowest BCUT2D eigenvalue weighted by Crippen LogP contribution is -2.45. The summed E-state index contributed by atoms with van der Waals surface area (Å²) in [4.78, 5) is 30.5. The van der Waals surface area contributed by atoms with E-state index >= 15 is 0 Å². The Morgan fingerprint density at radius 2 is 2.03 bits per heavy atom. The molecule has 1 aromatic heterocycles. The maximum absolute atomic E-state index is 13.3. The number of carbonyl (C=O) groups is 2. The fourth-order valence-corrected chi connectivity index (χ4v) is 4.75. The summed E-state index contributed by atoms with van der Waals surface area (Å²) in [6.45, 7) is 1.18. The highest BCUT2D eigenvalue weighted by molar-refractivity contribution is 5.84. The van der Waals surface area contributed by atoms with Gasteiger partial charge in [0.1, 0.15) is 18.5 Å². The van der Waals surface area contributed by atoms with Gasteiger partial charge < -0.3 is 25.4 Å². The third kappa shape index (κ3) is 8.52. The summed E-state index contributed by atoms with van der Waals surface area (Å²) in [5, 5.41) is 15.1. The van der Waals surface area contributed by atoms with E-state index < -0.39 is 48.7 Å². The summed E-state index contributed by atoms with van der Waals surface area (Å²) in [5.41, 5.74) is 0.153. The van der Waals surface area contributed by atoms with Crippen LogP contribution >= 0.6 is 0 Å². The molecule has 1 fully saturated rings. The molecule has 1 saturated carbocycles. The second kappa shape index (κ2) is 13.5. The summed E-state index contributed by atoms with van der Waals surface area (Å²) in [6, 6.07) is 2.78. The number of aryl methyl sites for hydroxylation is 2. The molecular formula is C26H38F4N4O4. The lowest BCUT2D eigenvalue weighted by atomic mass is 10.0. The molecule has 214 valence electrons. The first-order valence-corrected chi connectivity index (χ1v) is 13.2. The molecule has 2 heterocycles. The topological polar surface area (TPSA) is 104 Å². The molecule has 12 heteroatoms. The maximum Gasteiger partial charge on any atom is 0.395 e. The first-order valence-electron chi connectivity index (χ1n) is 13.2. The van der Waals surface area contributed by atoms with Crippen LogP contribution in [0.25, 0.3) is 0 Å². The Hall–Kier alpha value is -2.47. The first-order chi connectivity index (χ1) is 18.1. The number of halogens is 4. The number of hydrogen-bond donors (Lipinski definition) is 3. The molecule has 0 aromatic carbocycles. The average molecular weight is 547 g/mol. The summed E-state index contributed by atoms with van der Waals surface area (Å²) >= 11 is 0. The molecule has 1 aliphatic carbocycles. The number of aromatic nitrogens is 1. The number of rotatable bonds is 16. The monoisotopic (exact) mass is 546 g/mol. The third-order valence-corrected chi connectivity index (χ3v) is 7.40. The van der Waals surface area contributed by atoms with Crippen LogP contribution < -0.4 is 10.6 Å². The molecule has 8 nitrogen and oxygen atoms in total. The van der Waals surface area contributed by atoms with E-state index in [0.717, 1.165) is 50.2 Å². The van der Waals surface area contributed by atoms with Crippen molar-refractivity contribution in [3.63, 3.8) is 0 Å². The van der Waals surface area contributed by atoms with Crippen molar-refractivity contribution in [2.45, 2.75) is 76.1 Å². The van der Waals surface area contributed by atoms with Gasteiger partial charge in [-0.25, -0.2) is 14.2 Å². The van der Waals surface area contributed by atoms with Gasteiger partial charge in [-0.15, -0.1) is 0 Å². The van der Waals surface area contributed by atoms with Gasteiger partial charge in [0.25, 0.3) is 0 Å². The summed E-state index contributed by atoms with van der Waals surface area (Å²) in [7, 11) is 1.40. The van der Waals surface area contributed by atoms with Gasteiger partial charge in [0.2, 0.25) is 5.91 Å². The van der Waals surface area contributed by atoms with E-state index in [-0.39, 0.29) is 32.4 Å². The number of hydrogen-bond acceptors (Lipinski definition) is 6. The predicted molar refractivity (Wildman–Crippen MR) is 134 cm³/mol. The Balaban J connectivity index is 1.50. The molecule has 3 N–H and O–H groups in total. The van der Waals surface area contributed by atoms with Crippen molar-refractivity contribution < 1.29 is 37.0 Å². The van der Waals surface area contributed by atoms with Gasteiger partial charge in [0.15, 0.2) is 0 Å². The molecule has 2 aliphatic rings. The van der Waals surface area contributed by atoms with Gasteiger partial charge in [-0.3, -0.25) is 4.79 Å². The van der Waals surface area contributed by atoms with Crippen LogP contribution in [0.15, 0.2) is 12.1 Å². The van der Waals surface area contributed by atoms with E-state index in [4.69, 9.17) is 4.74 Å². The normalized spacial score (nSPS) is 17.8. The number of amides is 1. The third-order valence-electron chi connectivity index (χ3n) is 7.40. The molecule has 0 saturated heterocycles. The van der Waals surface area contributed by atoms with E-state index in [1.807, 2.05) is 11.0 Å². The first kappa shape index (κ1) is 30.1. The number of pyridine rings is 1. The van der Waals surface area contributed by atoms with Gasteiger partial charge in [0, 0.05) is 38.9 Å². The highest BCUT2D eigenvalue weighted by Crippen LogP contribution is 2.59. The zero-order valence-corrected chi connectivity index (χ0v) is 21.8. The molecular weight excluding hydrogens is 508 g/mol. The number of methoxy groups -OCH3 is 1. The highest BCUT2D eigenvalue weighted by atomic mass is 19.4. The number of carboxylic acid groups (broad SMARTS) is 1. The highest BCUT2D eigenvalue weighted by Gasteiger charge is 2.63. The largest absolute Gasteiger partial charge is 0.480 e. The van der Waals surface area contributed by atoms with Crippen LogP contribution in [0.1, 0.15) is 56.2 Å². The van der Waals surface area contributed by atoms with Crippen LogP contribution in [-0.2, 0) is 27.2 Å². The molecule has 1 amide bonds. The number of alkyl halides is 4. The van der Waals surface area contributed by atoms with Gasteiger partial charge in [0.05, 0.1) is 11.5 Å². The van der Waals surface area contributed by atoms with Crippen molar-refractivity contribution >= 4 is 17.7 Å². The minimum Gasteiger partial charge on any atom is -0.480 e. The second-order valence-corrected chi connectivity index (χ2v) is 10.3. The predicted octanol–water partition coefficient (Wildman–Crippen LogP) is 3.74. The molecule has 1 aliphatic heterocycles. The van der Waals surface area contributed by atoms with Crippen LogP contribution in [0.3, 0.4) is 0 Å². The fourth-order valence-electron chi connectivity index (χ4n) is 4.75. The molecule has 0 radical (unpaired) electrons. The van der Waals surface area contributed by atoms with Crippen LogP contribution in [0, 0.1) is 5.41 Å². The standard InChI is InChI=1S/C26H38F4N4O4/c1-38-20(16-27)17-34(13-3-2-6-19-8-7-18-5-4-12-31-23(18)32-19)14-9-21(24(36)37)33-22(35)15-25(10-11-25)26(28,29)30/h7-8,20-21H,2-6,9-17H2,1H3,(H,31,32)(H,33,35)(H,36,37). The van der Waals surface area contributed by atoms with Crippen molar-refractivity contribution in [1.82, 2.24) is 15.2 Å². The van der Waals surface area contributed by atoms with E-state index in [0.29, 0.717) is 6.54 Å². The lowest BCUT2D eigenvalue weighted by Gasteiger charge is -2.27. The Labute approximate surface area is 220 Å². The van der Waals surface area contributed by atoms with Gasteiger partial charge in [-0.2, -0.15) is 13.2 Å². The van der Waals surface area contributed by atoms with Crippen LogP contribution in [0.2, 0.25) is 0 Å². The molecule has 0 bridgehead atoms. The molecule has 0 spiro atoms. The van der Waals surface area contributed by atoms with Crippen molar-refractivity contribution in [2.75, 3.05) is 45.3 Å². The SMILES string of the molecule is COC(CF)CN(CCCCc1ccc2c(n1)NCCC2)CCC(NC(=O)CC1(C(F)(F)F)CC1)C(=O)O. The summed E-state index contributed by atoms with van der Waals surface area (Å²) < 4.78 is 58.0. The summed E-state index contributed by atoms with van der Waals surface area (Å²) in [5.74, 6) is -1.31. The number of nitrogens with zero attached hydrogens (tertiary/aromatic N) is 2. The minimum atomic E-state index is -4.49. The quantitative estimate of drug-likeness (QED) is 0.214. The number of anilines is 1.